The molecule has 0 aromatic heterocycles. The maximum Gasteiger partial charge on any atom is 0.0624 e. The number of halogens is 2. The first-order chi connectivity index (χ1) is 6.65. The van der Waals surface area contributed by atoms with Gasteiger partial charge in [0.05, 0.1) is 10.0 Å². The molecule has 1 nitrogen and oxygen atoms in total. The molecule has 1 aromatic rings. The van der Waals surface area contributed by atoms with Crippen LogP contribution >= 0.6 is 35.0 Å². The lowest BCUT2D eigenvalue weighted by molar-refractivity contribution is 0.749. The van der Waals surface area contributed by atoms with Gasteiger partial charge in [-0.05, 0) is 24.3 Å². The molecule has 0 saturated heterocycles. The summed E-state index contributed by atoms with van der Waals surface area (Å²) >= 11 is 13.7. The van der Waals surface area contributed by atoms with Crippen LogP contribution in [-0.4, -0.2) is 18.1 Å². The van der Waals surface area contributed by atoms with Crippen LogP contribution in [0.3, 0.4) is 0 Å². The summed E-state index contributed by atoms with van der Waals surface area (Å²) in [5.41, 5.74) is 6.94. The topological polar surface area (TPSA) is 26.0 Å². The summed E-state index contributed by atoms with van der Waals surface area (Å²) in [6.45, 7) is 0. The van der Waals surface area contributed by atoms with E-state index in [2.05, 4.69) is 0 Å². The predicted molar refractivity (Wildman–Crippen MR) is 66.5 cm³/mol. The molecule has 0 spiro atoms. The smallest absolute Gasteiger partial charge is 0.0624 e. The zero-order valence-electron chi connectivity index (χ0n) is 7.97. The molecular weight excluding hydrogens is 237 g/mol. The van der Waals surface area contributed by atoms with Gasteiger partial charge in [-0.3, -0.25) is 0 Å². The summed E-state index contributed by atoms with van der Waals surface area (Å²) in [7, 11) is 0. The van der Waals surface area contributed by atoms with Crippen molar-refractivity contribution < 1.29 is 0 Å². The van der Waals surface area contributed by atoms with Crippen LogP contribution in [-0.2, 0) is 6.42 Å². The highest BCUT2D eigenvalue weighted by Crippen LogP contribution is 2.26. The molecule has 4 heteroatoms. The minimum atomic E-state index is 0.140. The third-order valence-electron chi connectivity index (χ3n) is 1.89. The Morgan fingerprint density at radius 2 is 2.14 bits per heavy atom. The molecule has 1 rings (SSSR count). The standard InChI is InChI=1S/C10H13Cl2NS/c1-14-6-8(13)5-7-3-2-4-9(11)10(7)12/h2-4,8H,5-6,13H2,1H3. The van der Waals surface area contributed by atoms with Crippen molar-refractivity contribution in [1.29, 1.82) is 0 Å². The summed E-state index contributed by atoms with van der Waals surface area (Å²) < 4.78 is 0. The van der Waals surface area contributed by atoms with Crippen molar-refractivity contribution in [2.75, 3.05) is 12.0 Å². The van der Waals surface area contributed by atoms with Crippen LogP contribution in [0.1, 0.15) is 5.56 Å². The molecular formula is C10H13Cl2NS. The van der Waals surface area contributed by atoms with Gasteiger partial charge in [0.25, 0.3) is 0 Å². The van der Waals surface area contributed by atoms with Gasteiger partial charge in [0, 0.05) is 11.8 Å². The molecule has 1 unspecified atom stereocenters. The van der Waals surface area contributed by atoms with E-state index in [4.69, 9.17) is 28.9 Å². The quantitative estimate of drug-likeness (QED) is 0.887. The van der Waals surface area contributed by atoms with E-state index in [0.717, 1.165) is 17.7 Å². The summed E-state index contributed by atoms with van der Waals surface area (Å²) in [5.74, 6) is 0.933. The molecule has 78 valence electrons. The molecule has 0 amide bonds. The Morgan fingerprint density at radius 1 is 1.43 bits per heavy atom. The zero-order valence-corrected chi connectivity index (χ0v) is 10.3. The van der Waals surface area contributed by atoms with E-state index in [9.17, 15) is 0 Å². The molecule has 2 N–H and O–H groups in total. The first-order valence-electron chi connectivity index (χ1n) is 4.32. The van der Waals surface area contributed by atoms with Crippen molar-refractivity contribution in [2.24, 2.45) is 5.73 Å². The molecule has 0 fully saturated rings. The fourth-order valence-corrected chi connectivity index (χ4v) is 2.20. The maximum absolute atomic E-state index is 6.04. The summed E-state index contributed by atoms with van der Waals surface area (Å²) in [6.07, 6.45) is 2.82. The molecule has 0 heterocycles. The number of benzene rings is 1. The van der Waals surface area contributed by atoms with Crippen LogP contribution < -0.4 is 5.73 Å². The van der Waals surface area contributed by atoms with Crippen molar-refractivity contribution in [2.45, 2.75) is 12.5 Å². The van der Waals surface area contributed by atoms with Crippen LogP contribution in [0.5, 0.6) is 0 Å². The van der Waals surface area contributed by atoms with Crippen molar-refractivity contribution in [3.8, 4) is 0 Å². The molecule has 0 radical (unpaired) electrons. The Hall–Kier alpha value is 0.110. The second kappa shape index (κ2) is 5.86. The van der Waals surface area contributed by atoms with Crippen molar-refractivity contribution >= 4 is 35.0 Å². The van der Waals surface area contributed by atoms with E-state index in [0.29, 0.717) is 10.0 Å². The van der Waals surface area contributed by atoms with Gasteiger partial charge in [-0.2, -0.15) is 11.8 Å². The average molecular weight is 250 g/mol. The Balaban J connectivity index is 2.71. The lowest BCUT2D eigenvalue weighted by Crippen LogP contribution is -2.25. The Kier molecular flexibility index (Phi) is 5.10. The van der Waals surface area contributed by atoms with Gasteiger partial charge < -0.3 is 5.73 Å². The third kappa shape index (κ3) is 3.35. The first-order valence-corrected chi connectivity index (χ1v) is 6.47. The highest BCUT2D eigenvalue weighted by atomic mass is 35.5. The molecule has 0 aliphatic carbocycles. The van der Waals surface area contributed by atoms with Crippen molar-refractivity contribution in [3.63, 3.8) is 0 Å². The van der Waals surface area contributed by atoms with Crippen LogP contribution in [0.15, 0.2) is 18.2 Å². The maximum atomic E-state index is 6.04. The van der Waals surface area contributed by atoms with Gasteiger partial charge >= 0.3 is 0 Å². The highest BCUT2D eigenvalue weighted by Gasteiger charge is 2.08. The van der Waals surface area contributed by atoms with Crippen LogP contribution in [0.2, 0.25) is 10.0 Å². The van der Waals surface area contributed by atoms with E-state index < -0.39 is 0 Å². The lowest BCUT2D eigenvalue weighted by Gasteiger charge is -2.11. The number of nitrogens with two attached hydrogens (primary N) is 1. The molecule has 14 heavy (non-hydrogen) atoms. The van der Waals surface area contributed by atoms with E-state index in [1.54, 1.807) is 17.8 Å². The first kappa shape index (κ1) is 12.2. The SMILES string of the molecule is CSCC(N)Cc1cccc(Cl)c1Cl. The molecule has 1 atom stereocenters. The van der Waals surface area contributed by atoms with Crippen molar-refractivity contribution in [1.82, 2.24) is 0 Å². The van der Waals surface area contributed by atoms with Crippen LogP contribution in [0.4, 0.5) is 0 Å². The highest BCUT2D eigenvalue weighted by molar-refractivity contribution is 7.98. The number of rotatable bonds is 4. The van der Waals surface area contributed by atoms with Gasteiger partial charge in [0.1, 0.15) is 0 Å². The normalized spacial score (nSPS) is 12.9. The lowest BCUT2D eigenvalue weighted by atomic mass is 10.1. The number of hydrogen-bond donors (Lipinski definition) is 1. The Bertz CT molecular complexity index is 304. The minimum Gasteiger partial charge on any atom is -0.327 e. The van der Waals surface area contributed by atoms with Crippen LogP contribution in [0, 0.1) is 0 Å². The second-order valence-corrected chi connectivity index (χ2v) is 4.83. The molecule has 0 saturated carbocycles. The summed E-state index contributed by atoms with van der Waals surface area (Å²) in [4.78, 5) is 0. The zero-order chi connectivity index (χ0) is 10.6. The van der Waals surface area contributed by atoms with Gasteiger partial charge in [-0.25, -0.2) is 0 Å². The fraction of sp³-hybridized carbons (Fsp3) is 0.400. The van der Waals surface area contributed by atoms with Gasteiger partial charge in [-0.15, -0.1) is 0 Å². The van der Waals surface area contributed by atoms with E-state index in [1.165, 1.54) is 0 Å². The summed E-state index contributed by atoms with van der Waals surface area (Å²) in [6, 6.07) is 5.79. The molecule has 0 aliphatic heterocycles. The Morgan fingerprint density at radius 3 is 2.79 bits per heavy atom. The van der Waals surface area contributed by atoms with Gasteiger partial charge in [0.2, 0.25) is 0 Å². The van der Waals surface area contributed by atoms with E-state index in [1.807, 2.05) is 18.4 Å². The second-order valence-electron chi connectivity index (χ2n) is 3.13. The van der Waals surface area contributed by atoms with Crippen LogP contribution in [0.25, 0.3) is 0 Å². The predicted octanol–water partition coefficient (Wildman–Crippen LogP) is 3.23. The minimum absolute atomic E-state index is 0.140. The van der Waals surface area contributed by atoms with E-state index >= 15 is 0 Å². The Labute approximate surface area is 99.0 Å². The summed E-state index contributed by atoms with van der Waals surface area (Å²) in [5, 5.41) is 1.23. The third-order valence-corrected chi connectivity index (χ3v) is 3.51. The van der Waals surface area contributed by atoms with Gasteiger partial charge in [-0.1, -0.05) is 35.3 Å². The van der Waals surface area contributed by atoms with Crippen molar-refractivity contribution in [3.05, 3.63) is 33.8 Å². The number of thioether (sulfide) groups is 1. The molecule has 0 aliphatic rings. The largest absolute Gasteiger partial charge is 0.327 e. The number of hydrogen-bond acceptors (Lipinski definition) is 2. The molecule has 0 bridgehead atoms. The fourth-order valence-electron chi connectivity index (χ4n) is 1.26. The molecule has 1 aromatic carbocycles. The average Bonchev–Trinajstić information content (AvgIpc) is 2.13. The van der Waals surface area contributed by atoms with Gasteiger partial charge in [0.15, 0.2) is 0 Å². The van der Waals surface area contributed by atoms with E-state index in [-0.39, 0.29) is 6.04 Å². The monoisotopic (exact) mass is 249 g/mol.